The number of nitrogens with two attached hydrogens (primary N) is 1. The number of halogens is 2. The third kappa shape index (κ3) is 16.3. The van der Waals surface area contributed by atoms with Crippen LogP contribution < -0.4 is 15.8 Å². The second kappa shape index (κ2) is 23.3. The van der Waals surface area contributed by atoms with E-state index >= 15 is 0 Å². The number of allylic oxidation sites excluding steroid dienone is 3. The lowest BCUT2D eigenvalue weighted by atomic mass is 9.73. The second-order valence-corrected chi connectivity index (χ2v) is 11.5. The van der Waals surface area contributed by atoms with Gasteiger partial charge < -0.3 is 30.4 Å². The van der Waals surface area contributed by atoms with E-state index in [1.807, 2.05) is 6.07 Å². The largest absolute Gasteiger partial charge is 0.507 e. The van der Waals surface area contributed by atoms with Gasteiger partial charge in [0, 0.05) is 40.0 Å². The fourth-order valence-electron chi connectivity index (χ4n) is 4.57. The molecular weight excluding hydrogens is 598 g/mol. The number of hydrogen-bond donors (Lipinski definition) is 3. The molecule has 1 aliphatic carbocycles. The van der Waals surface area contributed by atoms with Gasteiger partial charge in [-0.15, -0.1) is 0 Å². The molecule has 2 saturated heterocycles. The third-order valence-electron chi connectivity index (χ3n) is 7.09. The predicted molar refractivity (Wildman–Crippen MR) is 189 cm³/mol. The quantitative estimate of drug-likeness (QED) is 0.0618. The first-order valence-corrected chi connectivity index (χ1v) is 15.6. The maximum Gasteiger partial charge on any atom is 0.290 e. The molecule has 248 valence electrons. The molecule has 2 heterocycles. The van der Waals surface area contributed by atoms with Crippen molar-refractivity contribution in [2.45, 2.75) is 91.6 Å². The number of nitrogens with one attached hydrogen (secondary N) is 1. The molecule has 0 spiro atoms. The van der Waals surface area contributed by atoms with Gasteiger partial charge in [0.15, 0.2) is 4.63 Å². The Morgan fingerprint density at radius 2 is 1.84 bits per heavy atom. The SMILES string of the molecule is C.C=C(C)[C@@H]1CCC(C)=C[C@H]1c1c(O)cc(CCCCC)cc1OC(=NC)NCC1CO1.CN=C(Cl)Cl.NCC1CO1.[2H]C[B]. The molecule has 2 aliphatic heterocycles. The number of unbranched alkanes of at least 4 members (excludes halogenated alkanes) is 2. The third-order valence-corrected chi connectivity index (χ3v) is 7.43. The Balaban J connectivity index is 0.00000116. The summed E-state index contributed by atoms with van der Waals surface area (Å²) >= 11 is 9.96. The fourth-order valence-corrected chi connectivity index (χ4v) is 4.57. The molecule has 44 heavy (non-hydrogen) atoms. The van der Waals surface area contributed by atoms with Crippen molar-refractivity contribution < 1.29 is 20.7 Å². The molecule has 11 heteroatoms. The first-order chi connectivity index (χ1) is 21.0. The summed E-state index contributed by atoms with van der Waals surface area (Å²) in [5.41, 5.74) is 9.51. The normalized spacial score (nSPS) is 21.5. The van der Waals surface area contributed by atoms with Crippen LogP contribution in [0.4, 0.5) is 0 Å². The van der Waals surface area contributed by atoms with Gasteiger partial charge in [0.2, 0.25) is 0 Å². The number of hydrogen-bond acceptors (Lipinski definition) is 7. The average Bonchev–Trinajstić information content (AvgIpc) is 3.91. The first-order valence-electron chi connectivity index (χ1n) is 15.5. The van der Waals surface area contributed by atoms with E-state index in [0.717, 1.165) is 55.6 Å². The minimum absolute atomic E-state index is 0. The predicted octanol–water partition coefficient (Wildman–Crippen LogP) is 7.13. The van der Waals surface area contributed by atoms with Crippen LogP contribution in [0.25, 0.3) is 0 Å². The van der Waals surface area contributed by atoms with Crippen molar-refractivity contribution in [2.75, 3.05) is 40.4 Å². The zero-order valence-electron chi connectivity index (χ0n) is 27.5. The van der Waals surface area contributed by atoms with Crippen molar-refractivity contribution >= 4 is 41.7 Å². The summed E-state index contributed by atoms with van der Waals surface area (Å²) in [6.07, 6.45) is 9.36. The monoisotopic (exact) mass is 653 g/mol. The molecule has 0 amide bonds. The Labute approximate surface area is 279 Å². The molecule has 3 aliphatic rings. The van der Waals surface area contributed by atoms with E-state index in [4.69, 9.17) is 44.5 Å². The smallest absolute Gasteiger partial charge is 0.290 e. The molecule has 4 rings (SSSR count). The van der Waals surface area contributed by atoms with E-state index < -0.39 is 0 Å². The van der Waals surface area contributed by atoms with Crippen molar-refractivity contribution in [3.05, 3.63) is 47.1 Å². The highest BCUT2D eigenvalue weighted by atomic mass is 35.5. The van der Waals surface area contributed by atoms with Gasteiger partial charge in [0.25, 0.3) is 6.02 Å². The lowest BCUT2D eigenvalue weighted by molar-refractivity contribution is 0.396. The van der Waals surface area contributed by atoms with Crippen molar-refractivity contribution in [2.24, 2.45) is 21.6 Å². The van der Waals surface area contributed by atoms with Crippen molar-refractivity contribution in [3.63, 3.8) is 0 Å². The van der Waals surface area contributed by atoms with Crippen LogP contribution in [-0.2, 0) is 15.9 Å². The number of rotatable bonds is 10. The van der Waals surface area contributed by atoms with E-state index in [9.17, 15) is 5.11 Å². The lowest BCUT2D eigenvalue weighted by Crippen LogP contribution is -2.32. The molecule has 8 nitrogen and oxygen atoms in total. The molecular formula is C33H55BCl2N4O4. The first kappa shape index (κ1) is 40.0. The van der Waals surface area contributed by atoms with Gasteiger partial charge in [-0.3, -0.25) is 4.99 Å². The fraction of sp³-hybridized carbons (Fsp3) is 0.636. The lowest BCUT2D eigenvalue weighted by Gasteiger charge is -2.32. The molecule has 2 radical (unpaired) electrons. The summed E-state index contributed by atoms with van der Waals surface area (Å²) in [7, 11) is 7.75. The van der Waals surface area contributed by atoms with E-state index in [2.05, 4.69) is 62.6 Å². The Kier molecular flexibility index (Phi) is 21.2. The van der Waals surface area contributed by atoms with Gasteiger partial charge in [-0.25, -0.2) is 4.99 Å². The van der Waals surface area contributed by atoms with Crippen LogP contribution in [0.1, 0.15) is 78.7 Å². The van der Waals surface area contributed by atoms with E-state index in [1.165, 1.54) is 25.5 Å². The van der Waals surface area contributed by atoms with Crippen LogP contribution >= 0.6 is 23.2 Å². The molecule has 1 aromatic rings. The van der Waals surface area contributed by atoms with Crippen molar-refractivity contribution in [3.8, 4) is 11.5 Å². The van der Waals surface area contributed by atoms with E-state index in [1.54, 1.807) is 7.05 Å². The number of benzene rings is 1. The summed E-state index contributed by atoms with van der Waals surface area (Å²) in [5, 5.41) is 14.4. The minimum Gasteiger partial charge on any atom is -0.507 e. The number of aromatic hydroxyl groups is 1. The highest BCUT2D eigenvalue weighted by molar-refractivity contribution is 6.95. The Bertz CT molecular complexity index is 1090. The highest BCUT2D eigenvalue weighted by Crippen LogP contribution is 2.47. The van der Waals surface area contributed by atoms with Gasteiger partial charge in [0.1, 0.15) is 11.5 Å². The van der Waals surface area contributed by atoms with Crippen LogP contribution in [0.15, 0.2) is 45.9 Å². The van der Waals surface area contributed by atoms with E-state index in [0.29, 0.717) is 36.7 Å². The number of amidine groups is 1. The summed E-state index contributed by atoms with van der Waals surface area (Å²) in [6.45, 7) is 13.7. The minimum atomic E-state index is 0. The summed E-state index contributed by atoms with van der Waals surface area (Å²) in [4.78, 5) is 7.62. The van der Waals surface area contributed by atoms with Crippen LogP contribution in [0.2, 0.25) is 6.80 Å². The Morgan fingerprint density at radius 1 is 1.23 bits per heavy atom. The van der Waals surface area contributed by atoms with Crippen LogP contribution in [0, 0.1) is 5.92 Å². The van der Waals surface area contributed by atoms with Gasteiger partial charge in [0.05, 0.1) is 33.3 Å². The molecule has 4 atom stereocenters. The molecule has 2 fully saturated rings. The number of aryl methyl sites for hydroxylation is 1. The highest BCUT2D eigenvalue weighted by Gasteiger charge is 2.31. The number of epoxide rings is 2. The Hall–Kier alpha value is -2.04. The Morgan fingerprint density at radius 3 is 2.30 bits per heavy atom. The average molecular weight is 655 g/mol. The van der Waals surface area contributed by atoms with Crippen LogP contribution in [0.5, 0.6) is 11.5 Å². The maximum atomic E-state index is 11.2. The van der Waals surface area contributed by atoms with Gasteiger partial charge >= 0.3 is 0 Å². The number of phenolic OH excluding ortho intramolecular Hbond substituents is 1. The molecule has 4 N–H and O–H groups in total. The number of aliphatic imine (C=N–C) groups is 2. The topological polar surface area (TPSA) is 117 Å². The summed E-state index contributed by atoms with van der Waals surface area (Å²) < 4.78 is 22.4. The van der Waals surface area contributed by atoms with Gasteiger partial charge in [-0.2, -0.15) is 0 Å². The van der Waals surface area contributed by atoms with Gasteiger partial charge in [-0.1, -0.05) is 57.8 Å². The molecule has 0 aromatic heterocycles. The van der Waals surface area contributed by atoms with E-state index in [-0.39, 0.29) is 36.8 Å². The van der Waals surface area contributed by atoms with Crippen LogP contribution in [-0.4, -0.2) is 76.2 Å². The zero-order valence-corrected chi connectivity index (χ0v) is 28.0. The molecule has 0 bridgehead atoms. The molecule has 0 saturated carbocycles. The number of phenols is 1. The van der Waals surface area contributed by atoms with Crippen LogP contribution in [0.3, 0.4) is 0 Å². The maximum absolute atomic E-state index is 11.2. The molecule has 1 aromatic carbocycles. The van der Waals surface area contributed by atoms with Crippen molar-refractivity contribution in [1.82, 2.24) is 5.32 Å². The second-order valence-electron chi connectivity index (χ2n) is 10.6. The van der Waals surface area contributed by atoms with Crippen molar-refractivity contribution in [1.29, 1.82) is 0 Å². The zero-order chi connectivity index (χ0) is 33.1. The standard InChI is InChI=1S/C26H38N2O3.C3H7NO.C2H3Cl2N.CH3B.CH4/c1-6-7-8-9-19-13-23(29)25(22-12-18(4)10-11-21(22)17(2)3)24(14-19)31-26(27-5)28-15-20-16-30-20;4-1-3-2-5-3;1-5-2(3)4;1-2;/h12-14,20-22,29H,2,6-11,15-16H2,1,3-5H3,(H,27,28);3H,1-2,4H2;1H3;1H3;1H4/t20?,21-,22+;;;;/m0..../s1/i;;;1D;. The number of nitrogens with zero attached hydrogens (tertiary/aromatic N) is 2. The van der Waals surface area contributed by atoms with Gasteiger partial charge in [-0.05, 0) is 86.3 Å². The summed E-state index contributed by atoms with van der Waals surface area (Å²) in [6, 6.07) is 4.45. The molecule has 2 unspecified atom stereocenters. The number of ether oxygens (including phenoxy) is 3. The summed E-state index contributed by atoms with van der Waals surface area (Å²) in [5.74, 6) is 1.29.